The van der Waals surface area contributed by atoms with Gasteiger partial charge in [0.1, 0.15) is 24.3 Å². The Morgan fingerprint density at radius 1 is 0.634 bits per heavy atom. The van der Waals surface area contributed by atoms with Gasteiger partial charge in [-0.1, -0.05) is 18.2 Å². The second kappa shape index (κ2) is 11.9. The van der Waals surface area contributed by atoms with Crippen LogP contribution in [0.5, 0.6) is 0 Å². The minimum atomic E-state index is -2.61. The summed E-state index contributed by atoms with van der Waals surface area (Å²) < 4.78 is 10.0. The van der Waals surface area contributed by atoms with E-state index in [0.29, 0.717) is 0 Å². The highest BCUT2D eigenvalue weighted by Crippen LogP contribution is 2.31. The van der Waals surface area contributed by atoms with E-state index >= 15 is 0 Å². The zero-order valence-electron chi connectivity index (χ0n) is 20.5. The number of nitro groups is 4. The molecule has 18 nitrogen and oxygen atoms in total. The molecule has 18 heteroatoms. The molecule has 0 fully saturated rings. The van der Waals surface area contributed by atoms with Crippen molar-refractivity contribution in [1.82, 2.24) is 0 Å². The summed E-state index contributed by atoms with van der Waals surface area (Å²) in [4.78, 5) is 67.5. The van der Waals surface area contributed by atoms with E-state index in [9.17, 15) is 50.0 Å². The molecule has 3 aromatic carbocycles. The first-order chi connectivity index (χ1) is 19.3. The van der Waals surface area contributed by atoms with E-state index in [1.807, 2.05) is 0 Å². The molecule has 4 N–H and O–H groups in total. The molecule has 0 saturated carbocycles. The van der Waals surface area contributed by atoms with Crippen molar-refractivity contribution in [3.8, 4) is 0 Å². The third-order valence-electron chi connectivity index (χ3n) is 5.67. The van der Waals surface area contributed by atoms with Crippen molar-refractivity contribution in [2.45, 2.75) is 18.9 Å². The summed E-state index contributed by atoms with van der Waals surface area (Å²) in [5.74, 6) is -2.67. The molecule has 0 saturated heterocycles. The molecular weight excluding hydrogens is 552 g/mol. The van der Waals surface area contributed by atoms with Gasteiger partial charge < -0.3 is 20.9 Å². The highest BCUT2D eigenvalue weighted by Gasteiger charge is 2.38. The molecule has 3 aromatic rings. The van der Waals surface area contributed by atoms with E-state index in [1.54, 1.807) is 0 Å². The van der Waals surface area contributed by atoms with E-state index in [1.165, 1.54) is 12.1 Å². The molecule has 0 aliphatic carbocycles. The number of ether oxygens (including phenoxy) is 2. The highest BCUT2D eigenvalue weighted by atomic mass is 16.6. The average Bonchev–Trinajstić information content (AvgIpc) is 2.93. The van der Waals surface area contributed by atoms with Crippen LogP contribution >= 0.6 is 0 Å². The van der Waals surface area contributed by atoms with Gasteiger partial charge in [-0.25, -0.2) is 9.59 Å². The molecule has 0 aliphatic rings. The van der Waals surface area contributed by atoms with Crippen molar-refractivity contribution in [1.29, 1.82) is 0 Å². The zero-order valence-corrected chi connectivity index (χ0v) is 20.5. The summed E-state index contributed by atoms with van der Waals surface area (Å²) in [6.45, 7) is -1.88. The van der Waals surface area contributed by atoms with Gasteiger partial charge in [0.15, 0.2) is 5.66 Å². The van der Waals surface area contributed by atoms with Crippen molar-refractivity contribution in [2.75, 3.05) is 0 Å². The summed E-state index contributed by atoms with van der Waals surface area (Å²) in [5, 5.41) is 45.3. The van der Waals surface area contributed by atoms with Crippen LogP contribution in [0.1, 0.15) is 27.0 Å². The molecular formula is C23H18N6O12. The Morgan fingerprint density at radius 2 is 1.02 bits per heavy atom. The fourth-order valence-corrected chi connectivity index (χ4v) is 3.71. The molecule has 0 amide bonds. The molecule has 0 spiro atoms. The minimum absolute atomic E-state index is 0.385. The second-order valence-electron chi connectivity index (χ2n) is 8.14. The summed E-state index contributed by atoms with van der Waals surface area (Å²) >= 11 is 0. The monoisotopic (exact) mass is 570 g/mol. The number of nitro benzene ring substituents is 4. The van der Waals surface area contributed by atoms with Crippen LogP contribution in [-0.2, 0) is 33.1 Å². The van der Waals surface area contributed by atoms with Crippen molar-refractivity contribution in [2.24, 2.45) is 11.5 Å². The van der Waals surface area contributed by atoms with Gasteiger partial charge in [-0.3, -0.25) is 40.5 Å². The van der Waals surface area contributed by atoms with Gasteiger partial charge in [0.25, 0.3) is 22.7 Å². The fraction of sp³-hybridized carbons (Fsp3) is 0.130. The number of hydrogen-bond acceptors (Lipinski definition) is 14. The molecule has 0 radical (unpaired) electrons. The Kier molecular flexibility index (Phi) is 8.60. The number of hydrogen-bond donors (Lipinski definition) is 2. The van der Waals surface area contributed by atoms with Crippen LogP contribution in [0.3, 0.4) is 0 Å². The lowest BCUT2D eigenvalue weighted by Gasteiger charge is -2.24. The Morgan fingerprint density at radius 3 is 1.44 bits per heavy atom. The van der Waals surface area contributed by atoms with Crippen molar-refractivity contribution < 1.29 is 38.8 Å². The molecule has 212 valence electrons. The van der Waals surface area contributed by atoms with Gasteiger partial charge in [0.2, 0.25) is 0 Å². The van der Waals surface area contributed by atoms with Crippen LogP contribution in [0.25, 0.3) is 0 Å². The average molecular weight is 570 g/mol. The maximum absolute atomic E-state index is 12.9. The van der Waals surface area contributed by atoms with E-state index in [2.05, 4.69) is 0 Å². The third-order valence-corrected chi connectivity index (χ3v) is 5.67. The lowest BCUT2D eigenvalue weighted by molar-refractivity contribution is -0.396. The number of rotatable bonds is 11. The summed E-state index contributed by atoms with van der Waals surface area (Å²) in [5.41, 5.74) is 4.67. The molecule has 0 aliphatic heterocycles. The largest absolute Gasteiger partial charge is 0.458 e. The standard InChI is InChI=1S/C23H18N6O12/c24-23(25,22(31)41-12-15-19(28(36)37)9-4-10-20(15)29(38)39)16-6-2-1-5-13(16)21(30)40-11-14-17(26(32)33)7-3-8-18(14)27(34)35/h1-10H,11-12,24-25H2. The Labute approximate surface area is 227 Å². The van der Waals surface area contributed by atoms with Crippen LogP contribution in [0.15, 0.2) is 60.7 Å². The number of carbonyl (C=O) groups excluding carboxylic acids is 2. The Hall–Kier alpha value is -5.88. The smallest absolute Gasteiger partial charge is 0.346 e. The maximum atomic E-state index is 12.9. The van der Waals surface area contributed by atoms with E-state index < -0.39 is 89.9 Å². The molecule has 41 heavy (non-hydrogen) atoms. The molecule has 3 rings (SSSR count). The van der Waals surface area contributed by atoms with E-state index in [4.69, 9.17) is 20.9 Å². The summed E-state index contributed by atoms with van der Waals surface area (Å²) in [6, 6.07) is 10.9. The molecule has 0 unspecified atom stereocenters. The van der Waals surface area contributed by atoms with Gasteiger partial charge in [0.05, 0.1) is 25.3 Å². The second-order valence-corrected chi connectivity index (χ2v) is 8.14. The molecule has 0 aromatic heterocycles. The van der Waals surface area contributed by atoms with Crippen LogP contribution < -0.4 is 11.5 Å². The lowest BCUT2D eigenvalue weighted by atomic mass is 9.95. The van der Waals surface area contributed by atoms with Gasteiger partial charge in [-0.05, 0) is 18.2 Å². The lowest BCUT2D eigenvalue weighted by Crippen LogP contribution is -2.54. The topological polar surface area (TPSA) is 277 Å². The quantitative estimate of drug-likeness (QED) is 0.145. The van der Waals surface area contributed by atoms with Crippen molar-refractivity contribution in [3.05, 3.63) is 123 Å². The van der Waals surface area contributed by atoms with Crippen molar-refractivity contribution >= 4 is 34.7 Å². The van der Waals surface area contributed by atoms with Gasteiger partial charge >= 0.3 is 11.9 Å². The van der Waals surface area contributed by atoms with Gasteiger partial charge in [-0.2, -0.15) is 0 Å². The van der Waals surface area contributed by atoms with E-state index in [-0.39, 0.29) is 5.56 Å². The first-order valence-corrected chi connectivity index (χ1v) is 11.1. The number of esters is 2. The minimum Gasteiger partial charge on any atom is -0.458 e. The van der Waals surface area contributed by atoms with Gasteiger partial charge in [-0.15, -0.1) is 0 Å². The normalized spacial score (nSPS) is 10.9. The first kappa shape index (κ1) is 29.7. The third kappa shape index (κ3) is 6.24. The predicted octanol–water partition coefficient (Wildman–Crippen LogP) is 2.49. The fourth-order valence-electron chi connectivity index (χ4n) is 3.71. The molecule has 0 bridgehead atoms. The van der Waals surface area contributed by atoms with Crippen molar-refractivity contribution in [3.63, 3.8) is 0 Å². The molecule has 0 atom stereocenters. The summed E-state index contributed by atoms with van der Waals surface area (Å²) in [7, 11) is 0. The number of carbonyl (C=O) groups is 2. The van der Waals surface area contributed by atoms with Crippen LogP contribution in [-0.4, -0.2) is 31.6 Å². The Balaban J connectivity index is 1.88. The van der Waals surface area contributed by atoms with Crippen LogP contribution in [0.2, 0.25) is 0 Å². The maximum Gasteiger partial charge on any atom is 0.346 e. The van der Waals surface area contributed by atoms with Crippen LogP contribution in [0, 0.1) is 40.5 Å². The zero-order chi connectivity index (χ0) is 30.5. The summed E-state index contributed by atoms with van der Waals surface area (Å²) in [6.07, 6.45) is 0. The predicted molar refractivity (Wildman–Crippen MR) is 135 cm³/mol. The SMILES string of the molecule is NC(N)(C(=O)OCc1c([N+](=O)[O-])cccc1[N+](=O)[O-])c1ccccc1C(=O)OCc1c([N+](=O)[O-])cccc1[N+](=O)[O-]. The number of nitrogens with two attached hydrogens (primary N) is 2. The Bertz CT molecular complexity index is 1520. The van der Waals surface area contributed by atoms with Crippen LogP contribution in [0.4, 0.5) is 22.7 Å². The number of nitrogens with zero attached hydrogens (tertiary/aromatic N) is 4. The number of benzene rings is 3. The molecule has 0 heterocycles. The van der Waals surface area contributed by atoms with Gasteiger partial charge in [0, 0.05) is 29.8 Å². The van der Waals surface area contributed by atoms with E-state index in [0.717, 1.165) is 48.5 Å². The highest BCUT2D eigenvalue weighted by molar-refractivity contribution is 5.94. The first-order valence-electron chi connectivity index (χ1n) is 11.1.